The van der Waals surface area contributed by atoms with Crippen molar-refractivity contribution in [3.05, 3.63) is 35.9 Å². The molecule has 1 aliphatic heterocycles. The van der Waals surface area contributed by atoms with Crippen LogP contribution >= 0.6 is 11.8 Å². The van der Waals surface area contributed by atoms with Gasteiger partial charge in [0.25, 0.3) is 0 Å². The number of carbonyl (C=O) groups excluding carboxylic acids is 1. The largest absolute Gasteiger partial charge is 0.303 e. The van der Waals surface area contributed by atoms with Gasteiger partial charge >= 0.3 is 0 Å². The number of hydrogen-bond donors (Lipinski definition) is 1. The van der Waals surface area contributed by atoms with E-state index in [2.05, 4.69) is 15.5 Å². The van der Waals surface area contributed by atoms with E-state index in [1.165, 1.54) is 11.8 Å². The van der Waals surface area contributed by atoms with Crippen LogP contribution in [0.5, 0.6) is 0 Å². The van der Waals surface area contributed by atoms with Crippen molar-refractivity contribution in [1.82, 2.24) is 5.32 Å². The third-order valence-corrected chi connectivity index (χ3v) is 3.45. The summed E-state index contributed by atoms with van der Waals surface area (Å²) in [6, 6.07) is 9.98. The van der Waals surface area contributed by atoms with Gasteiger partial charge in [0.2, 0.25) is 5.91 Å². The molecule has 1 N–H and O–H groups in total. The number of benzene rings is 1. The fraction of sp³-hybridized carbons (Fsp3) is 0.308. The Kier molecular flexibility index (Phi) is 4.15. The lowest BCUT2D eigenvalue weighted by molar-refractivity contribution is -0.118. The van der Waals surface area contributed by atoms with Crippen LogP contribution in [-0.2, 0) is 11.2 Å². The summed E-state index contributed by atoms with van der Waals surface area (Å²) >= 11 is 1.44. The van der Waals surface area contributed by atoms with Crippen molar-refractivity contribution < 1.29 is 4.79 Å². The van der Waals surface area contributed by atoms with Crippen molar-refractivity contribution in [1.29, 1.82) is 0 Å². The van der Waals surface area contributed by atoms with Crippen molar-refractivity contribution in [3.8, 4) is 0 Å². The highest BCUT2D eigenvalue weighted by atomic mass is 32.2. The summed E-state index contributed by atoms with van der Waals surface area (Å²) in [4.78, 5) is 11.8. The standard InChI is InChI=1S/C13H15N3OS/c1-9(2)15-16-13-14-12(17)11(18-13)8-10-6-4-3-5-7-10/h3-7,11H,8H2,1-2H3,(H,14,16,17). The van der Waals surface area contributed by atoms with Gasteiger partial charge in [0.15, 0.2) is 5.17 Å². The van der Waals surface area contributed by atoms with E-state index < -0.39 is 0 Å². The van der Waals surface area contributed by atoms with E-state index in [4.69, 9.17) is 0 Å². The number of nitrogens with zero attached hydrogens (tertiary/aromatic N) is 2. The Morgan fingerprint density at radius 1 is 1.33 bits per heavy atom. The Hall–Kier alpha value is -1.62. The number of thioether (sulfide) groups is 1. The van der Waals surface area contributed by atoms with Crippen LogP contribution in [0.2, 0.25) is 0 Å². The maximum absolute atomic E-state index is 11.8. The minimum absolute atomic E-state index is 0.00607. The molecule has 1 atom stereocenters. The topological polar surface area (TPSA) is 53.8 Å². The Bertz CT molecular complexity index is 492. The van der Waals surface area contributed by atoms with Gasteiger partial charge in [-0.2, -0.15) is 5.10 Å². The summed E-state index contributed by atoms with van der Waals surface area (Å²) < 4.78 is 0. The molecule has 1 amide bonds. The molecule has 1 saturated heterocycles. The summed E-state index contributed by atoms with van der Waals surface area (Å²) in [6.07, 6.45) is 0.713. The third kappa shape index (κ3) is 3.43. The second-order valence-corrected chi connectivity index (χ2v) is 5.43. The molecular formula is C13H15N3OS. The van der Waals surface area contributed by atoms with Crippen LogP contribution in [0.1, 0.15) is 19.4 Å². The van der Waals surface area contributed by atoms with Gasteiger partial charge in [0.1, 0.15) is 0 Å². The number of rotatable bonds is 3. The number of nitrogens with one attached hydrogen (secondary N) is 1. The molecule has 1 aromatic rings. The van der Waals surface area contributed by atoms with E-state index >= 15 is 0 Å². The molecule has 0 saturated carbocycles. The molecule has 4 nitrogen and oxygen atoms in total. The van der Waals surface area contributed by atoms with Gasteiger partial charge in [-0.25, -0.2) is 0 Å². The molecule has 94 valence electrons. The number of hydrogen-bond acceptors (Lipinski definition) is 4. The highest BCUT2D eigenvalue weighted by Gasteiger charge is 2.30. The quantitative estimate of drug-likeness (QED) is 0.670. The minimum Gasteiger partial charge on any atom is -0.303 e. The number of amidine groups is 1. The molecule has 1 fully saturated rings. The highest BCUT2D eigenvalue weighted by molar-refractivity contribution is 8.15. The normalized spacial score (nSPS) is 20.9. The summed E-state index contributed by atoms with van der Waals surface area (Å²) in [7, 11) is 0. The molecule has 0 radical (unpaired) electrons. The smallest absolute Gasteiger partial charge is 0.239 e. The Morgan fingerprint density at radius 2 is 2.06 bits per heavy atom. The van der Waals surface area contributed by atoms with Crippen LogP contribution in [0.25, 0.3) is 0 Å². The molecule has 5 heteroatoms. The third-order valence-electron chi connectivity index (χ3n) is 2.38. The molecule has 18 heavy (non-hydrogen) atoms. The predicted octanol–water partition coefficient (Wildman–Crippen LogP) is 2.21. The maximum Gasteiger partial charge on any atom is 0.239 e. The number of amides is 1. The second kappa shape index (κ2) is 5.82. The molecule has 0 aromatic heterocycles. The van der Waals surface area contributed by atoms with Crippen molar-refractivity contribution in [2.75, 3.05) is 0 Å². The van der Waals surface area contributed by atoms with Crippen LogP contribution in [-0.4, -0.2) is 22.0 Å². The van der Waals surface area contributed by atoms with E-state index in [1.807, 2.05) is 44.2 Å². The van der Waals surface area contributed by atoms with Gasteiger partial charge in [0, 0.05) is 5.71 Å². The highest BCUT2D eigenvalue weighted by Crippen LogP contribution is 2.23. The van der Waals surface area contributed by atoms with Crippen LogP contribution in [0, 0.1) is 0 Å². The zero-order valence-corrected chi connectivity index (χ0v) is 11.2. The lowest BCUT2D eigenvalue weighted by atomic mass is 10.1. The summed E-state index contributed by atoms with van der Waals surface area (Å²) in [6.45, 7) is 3.74. The predicted molar refractivity (Wildman–Crippen MR) is 75.9 cm³/mol. The molecule has 2 rings (SSSR count). The van der Waals surface area contributed by atoms with Crippen molar-refractivity contribution in [2.24, 2.45) is 10.2 Å². The van der Waals surface area contributed by atoms with Crippen molar-refractivity contribution in [2.45, 2.75) is 25.5 Å². The fourth-order valence-electron chi connectivity index (χ4n) is 1.56. The zero-order valence-electron chi connectivity index (χ0n) is 10.4. The van der Waals surface area contributed by atoms with Gasteiger partial charge in [-0.05, 0) is 25.8 Å². The first-order chi connectivity index (χ1) is 8.65. The molecule has 0 aliphatic carbocycles. The van der Waals surface area contributed by atoms with Crippen molar-refractivity contribution >= 4 is 28.5 Å². The van der Waals surface area contributed by atoms with Crippen LogP contribution < -0.4 is 5.32 Å². The Morgan fingerprint density at radius 3 is 2.72 bits per heavy atom. The van der Waals surface area contributed by atoms with Crippen molar-refractivity contribution in [3.63, 3.8) is 0 Å². The second-order valence-electron chi connectivity index (χ2n) is 4.24. The molecule has 0 bridgehead atoms. The van der Waals surface area contributed by atoms with E-state index in [0.717, 1.165) is 11.3 Å². The molecule has 1 aliphatic rings. The van der Waals surface area contributed by atoms with Gasteiger partial charge < -0.3 is 5.32 Å². The number of carbonyl (C=O) groups is 1. The Labute approximate surface area is 111 Å². The van der Waals surface area contributed by atoms with Gasteiger partial charge in [-0.1, -0.05) is 42.1 Å². The molecule has 1 unspecified atom stereocenters. The Balaban J connectivity index is 2.02. The summed E-state index contributed by atoms with van der Waals surface area (Å²) in [5, 5.41) is 11.2. The average molecular weight is 261 g/mol. The first kappa shape index (κ1) is 12.8. The van der Waals surface area contributed by atoms with Crippen LogP contribution in [0.4, 0.5) is 0 Å². The van der Waals surface area contributed by atoms with E-state index in [0.29, 0.717) is 11.6 Å². The lowest BCUT2D eigenvalue weighted by Gasteiger charge is -2.04. The fourth-order valence-corrected chi connectivity index (χ4v) is 2.52. The zero-order chi connectivity index (χ0) is 13.0. The monoisotopic (exact) mass is 261 g/mol. The molecule has 1 heterocycles. The molecule has 0 spiro atoms. The van der Waals surface area contributed by atoms with E-state index in [9.17, 15) is 4.79 Å². The summed E-state index contributed by atoms with van der Waals surface area (Å²) in [5.41, 5.74) is 2.02. The molecular weight excluding hydrogens is 246 g/mol. The molecule has 1 aromatic carbocycles. The van der Waals surface area contributed by atoms with Crippen LogP contribution in [0.15, 0.2) is 40.5 Å². The lowest BCUT2D eigenvalue weighted by Crippen LogP contribution is -2.25. The van der Waals surface area contributed by atoms with Gasteiger partial charge in [-0.3, -0.25) is 4.79 Å². The average Bonchev–Trinajstić information content (AvgIpc) is 2.69. The maximum atomic E-state index is 11.8. The van der Waals surface area contributed by atoms with Gasteiger partial charge in [0.05, 0.1) is 5.25 Å². The van der Waals surface area contributed by atoms with E-state index in [-0.39, 0.29) is 11.2 Å². The van der Waals surface area contributed by atoms with Gasteiger partial charge in [-0.15, -0.1) is 5.10 Å². The minimum atomic E-state index is -0.112. The first-order valence-corrected chi connectivity index (χ1v) is 6.63. The summed E-state index contributed by atoms with van der Waals surface area (Å²) in [5.74, 6) is 0.00607. The van der Waals surface area contributed by atoms with E-state index in [1.54, 1.807) is 0 Å². The SMILES string of the molecule is CC(C)=N/N=C1\NC(=O)C(Cc2ccccc2)S1. The first-order valence-electron chi connectivity index (χ1n) is 5.75. The van der Waals surface area contributed by atoms with Crippen LogP contribution in [0.3, 0.4) is 0 Å².